The molecule has 0 saturated heterocycles. The average Bonchev–Trinajstić information content (AvgIpc) is 2.88. The van der Waals surface area contributed by atoms with Crippen molar-refractivity contribution in [2.75, 3.05) is 18.0 Å². The van der Waals surface area contributed by atoms with Gasteiger partial charge in [0.1, 0.15) is 6.10 Å². The number of rotatable bonds is 7. The van der Waals surface area contributed by atoms with E-state index >= 15 is 0 Å². The summed E-state index contributed by atoms with van der Waals surface area (Å²) in [5.41, 5.74) is 2.72. The summed E-state index contributed by atoms with van der Waals surface area (Å²) in [7, 11) is 0. The van der Waals surface area contributed by atoms with E-state index in [4.69, 9.17) is 4.74 Å². The number of hydrogen-bond acceptors (Lipinski definition) is 4. The third-order valence-electron chi connectivity index (χ3n) is 6.52. The summed E-state index contributed by atoms with van der Waals surface area (Å²) in [6.07, 6.45) is 0.401. The Morgan fingerprint density at radius 1 is 1.08 bits per heavy atom. The number of nitrogens with one attached hydrogen (secondary N) is 1. The summed E-state index contributed by atoms with van der Waals surface area (Å²) < 4.78 is 20.8. The van der Waals surface area contributed by atoms with Crippen LogP contribution in [0.2, 0.25) is 0 Å². The van der Waals surface area contributed by atoms with E-state index in [1.165, 1.54) is 22.4 Å². The lowest BCUT2D eigenvalue weighted by Crippen LogP contribution is -2.39. The van der Waals surface area contributed by atoms with Gasteiger partial charge >= 0.3 is 5.97 Å². The van der Waals surface area contributed by atoms with Gasteiger partial charge in [-0.15, -0.1) is 12.4 Å². The first kappa shape index (κ1) is 25.5. The van der Waals surface area contributed by atoms with Crippen molar-refractivity contribution in [3.63, 3.8) is 0 Å². The van der Waals surface area contributed by atoms with Gasteiger partial charge in [-0.1, -0.05) is 54.6 Å². The molecule has 36 heavy (non-hydrogen) atoms. The van der Waals surface area contributed by atoms with Crippen LogP contribution in [-0.2, 0) is 0 Å². The van der Waals surface area contributed by atoms with Crippen LogP contribution in [0.1, 0.15) is 35.3 Å². The van der Waals surface area contributed by atoms with E-state index in [-0.39, 0.29) is 35.9 Å². The number of aromatic carboxylic acids is 1. The number of ether oxygens (including phenoxy) is 1. The molecule has 1 unspecified atom stereocenters. The number of carboxylic acids is 1. The van der Waals surface area contributed by atoms with E-state index in [0.29, 0.717) is 30.9 Å². The second-order valence-corrected chi connectivity index (χ2v) is 8.83. The fraction of sp³-hybridized carbons (Fsp3) is 0.207. The third-order valence-corrected chi connectivity index (χ3v) is 6.52. The zero-order chi connectivity index (χ0) is 24.4. The second-order valence-electron chi connectivity index (χ2n) is 8.83. The van der Waals surface area contributed by atoms with Gasteiger partial charge in [-0.3, -0.25) is 0 Å². The molecular weight excluding hydrogens is 479 g/mol. The molecule has 1 aliphatic rings. The van der Waals surface area contributed by atoms with Crippen molar-refractivity contribution >= 4 is 40.5 Å². The van der Waals surface area contributed by atoms with Gasteiger partial charge in [0.2, 0.25) is 0 Å². The van der Waals surface area contributed by atoms with Crippen molar-refractivity contribution in [2.24, 2.45) is 0 Å². The van der Waals surface area contributed by atoms with Gasteiger partial charge in [-0.05, 0) is 66.6 Å². The Balaban J connectivity index is 0.00000304. The number of halogens is 2. The van der Waals surface area contributed by atoms with Gasteiger partial charge in [-0.25, -0.2) is 9.18 Å². The van der Waals surface area contributed by atoms with E-state index in [1.807, 2.05) is 23.1 Å². The zero-order valence-corrected chi connectivity index (χ0v) is 20.7. The van der Waals surface area contributed by atoms with Crippen LogP contribution in [0.5, 0.6) is 5.75 Å². The van der Waals surface area contributed by atoms with Crippen molar-refractivity contribution in [3.05, 3.63) is 102 Å². The predicted octanol–water partition coefficient (Wildman–Crippen LogP) is 6.74. The van der Waals surface area contributed by atoms with Crippen LogP contribution in [0.15, 0.2) is 84.9 Å². The minimum atomic E-state index is -0.997. The van der Waals surface area contributed by atoms with Crippen LogP contribution in [0, 0.1) is 5.82 Å². The highest BCUT2D eigenvalue weighted by Gasteiger charge is 2.29. The Labute approximate surface area is 215 Å². The fourth-order valence-electron chi connectivity index (χ4n) is 4.73. The SMILES string of the molecule is C[C@@H](NCCC1CN(c2cccc(C(=O)O)c2)c2cccc(F)c2O1)c1cccc2ccccc12.Cl. The van der Waals surface area contributed by atoms with Crippen molar-refractivity contribution in [3.8, 4) is 5.75 Å². The molecule has 7 heteroatoms. The van der Waals surface area contributed by atoms with Crippen LogP contribution < -0.4 is 15.0 Å². The minimum absolute atomic E-state index is 0. The maximum Gasteiger partial charge on any atom is 0.335 e. The molecule has 1 heterocycles. The van der Waals surface area contributed by atoms with Crippen LogP contribution in [0.25, 0.3) is 10.8 Å². The normalized spacial score (nSPS) is 15.5. The highest BCUT2D eigenvalue weighted by atomic mass is 35.5. The molecule has 2 atom stereocenters. The molecule has 0 aromatic heterocycles. The lowest BCUT2D eigenvalue weighted by molar-refractivity contribution is 0.0697. The molecule has 4 aromatic carbocycles. The Morgan fingerprint density at radius 2 is 1.83 bits per heavy atom. The van der Waals surface area contributed by atoms with E-state index in [1.54, 1.807) is 30.3 Å². The zero-order valence-electron chi connectivity index (χ0n) is 19.9. The summed E-state index contributed by atoms with van der Waals surface area (Å²) >= 11 is 0. The van der Waals surface area contributed by atoms with E-state index < -0.39 is 11.8 Å². The Morgan fingerprint density at radius 3 is 2.67 bits per heavy atom. The van der Waals surface area contributed by atoms with E-state index in [0.717, 1.165) is 0 Å². The quantitative estimate of drug-likeness (QED) is 0.290. The first-order chi connectivity index (χ1) is 17.0. The molecule has 4 aromatic rings. The molecule has 0 amide bonds. The molecule has 186 valence electrons. The summed E-state index contributed by atoms with van der Waals surface area (Å²) in [6.45, 7) is 3.31. The van der Waals surface area contributed by atoms with E-state index in [2.05, 4.69) is 42.6 Å². The van der Waals surface area contributed by atoms with E-state index in [9.17, 15) is 14.3 Å². The monoisotopic (exact) mass is 506 g/mol. The number of nitrogens with zero attached hydrogens (tertiary/aromatic N) is 1. The molecule has 5 rings (SSSR count). The van der Waals surface area contributed by atoms with Crippen LogP contribution >= 0.6 is 12.4 Å². The average molecular weight is 507 g/mol. The molecule has 0 radical (unpaired) electrons. The van der Waals surface area contributed by atoms with Crippen molar-refractivity contribution in [2.45, 2.75) is 25.5 Å². The highest BCUT2D eigenvalue weighted by molar-refractivity contribution is 5.89. The first-order valence-corrected chi connectivity index (χ1v) is 11.8. The van der Waals surface area contributed by atoms with Crippen LogP contribution in [0.3, 0.4) is 0 Å². The molecule has 1 aliphatic heterocycles. The Bertz CT molecular complexity index is 1370. The smallest absolute Gasteiger partial charge is 0.335 e. The van der Waals surface area contributed by atoms with Gasteiger partial charge in [0, 0.05) is 11.7 Å². The predicted molar refractivity (Wildman–Crippen MR) is 143 cm³/mol. The van der Waals surface area contributed by atoms with Crippen molar-refractivity contribution < 1.29 is 19.0 Å². The summed E-state index contributed by atoms with van der Waals surface area (Å²) in [5, 5.41) is 15.4. The number of carbonyl (C=O) groups is 1. The largest absolute Gasteiger partial charge is 0.483 e. The van der Waals surface area contributed by atoms with Crippen molar-refractivity contribution in [1.82, 2.24) is 5.32 Å². The first-order valence-electron chi connectivity index (χ1n) is 11.8. The number of benzene rings is 4. The summed E-state index contributed by atoms with van der Waals surface area (Å²) in [6, 6.07) is 26.3. The number of para-hydroxylation sites is 1. The number of anilines is 2. The maximum absolute atomic E-state index is 14.7. The summed E-state index contributed by atoms with van der Waals surface area (Å²) in [5.74, 6) is -1.22. The number of fused-ring (bicyclic) bond motifs is 2. The minimum Gasteiger partial charge on any atom is -0.483 e. The van der Waals surface area contributed by atoms with Gasteiger partial charge in [-0.2, -0.15) is 0 Å². The molecule has 0 fully saturated rings. The second kappa shape index (κ2) is 11.0. The maximum atomic E-state index is 14.7. The molecule has 5 nitrogen and oxygen atoms in total. The van der Waals surface area contributed by atoms with Crippen LogP contribution in [0.4, 0.5) is 15.8 Å². The molecule has 0 saturated carbocycles. The van der Waals surface area contributed by atoms with Gasteiger partial charge in [0.25, 0.3) is 0 Å². The molecule has 0 spiro atoms. The summed E-state index contributed by atoms with van der Waals surface area (Å²) in [4.78, 5) is 13.4. The van der Waals surface area contributed by atoms with Crippen molar-refractivity contribution in [1.29, 1.82) is 0 Å². The van der Waals surface area contributed by atoms with Gasteiger partial charge in [0.15, 0.2) is 11.6 Å². The van der Waals surface area contributed by atoms with Gasteiger partial charge < -0.3 is 20.1 Å². The lowest BCUT2D eigenvalue weighted by atomic mass is 9.99. The molecule has 0 aliphatic carbocycles. The Kier molecular flexibility index (Phi) is 7.77. The number of hydrogen-bond donors (Lipinski definition) is 2. The number of carboxylic acid groups (broad SMARTS) is 1. The Hall–Kier alpha value is -3.61. The topological polar surface area (TPSA) is 61.8 Å². The van der Waals surface area contributed by atoms with Crippen LogP contribution in [-0.4, -0.2) is 30.3 Å². The highest BCUT2D eigenvalue weighted by Crippen LogP contribution is 2.40. The fourth-order valence-corrected chi connectivity index (χ4v) is 4.73. The molecular formula is C29H28ClFN2O3. The standard InChI is InChI=1S/C29H27FN2O3.ClH/c1-19(24-12-5-8-20-7-2-3-11-25(20)24)31-16-15-23-18-32(22-10-4-9-21(17-22)29(33)34)27-14-6-13-26(30)28(27)35-23;/h2-14,17,19,23,31H,15-16,18H2,1H3,(H,33,34);1H/t19-,23?;/m1./s1. The lowest BCUT2D eigenvalue weighted by Gasteiger charge is -2.36. The molecule has 2 N–H and O–H groups in total. The molecule has 0 bridgehead atoms. The third kappa shape index (κ3) is 5.15. The van der Waals surface area contributed by atoms with Gasteiger partial charge in [0.05, 0.1) is 17.8 Å².